The predicted octanol–water partition coefficient (Wildman–Crippen LogP) is 1.38. The highest BCUT2D eigenvalue weighted by Crippen LogP contribution is 2.27. The van der Waals surface area contributed by atoms with Crippen LogP contribution >= 0.6 is 0 Å². The summed E-state index contributed by atoms with van der Waals surface area (Å²) in [5, 5.41) is 0. The van der Waals surface area contributed by atoms with E-state index in [9.17, 15) is 19.2 Å². The molecule has 3 rings (SSSR count). The monoisotopic (exact) mass is 329 g/mol. The van der Waals surface area contributed by atoms with Crippen LogP contribution in [0.3, 0.4) is 0 Å². The number of imide groups is 2. The number of urea groups is 1. The molecule has 7 nitrogen and oxygen atoms in total. The van der Waals surface area contributed by atoms with Crippen LogP contribution in [0.4, 0.5) is 10.5 Å². The van der Waals surface area contributed by atoms with Crippen molar-refractivity contribution in [3.63, 3.8) is 0 Å². The highest BCUT2D eigenvalue weighted by Gasteiger charge is 2.48. The zero-order valence-corrected chi connectivity index (χ0v) is 13.5. The van der Waals surface area contributed by atoms with Crippen molar-refractivity contribution >= 4 is 29.4 Å². The number of carbonyl (C=O) groups excluding carboxylic acids is 4. The maximum absolute atomic E-state index is 12.4. The molecule has 2 aliphatic rings. The number of rotatable bonds is 4. The number of hydrogen-bond acceptors (Lipinski definition) is 4. The van der Waals surface area contributed by atoms with Gasteiger partial charge in [-0.3, -0.25) is 19.3 Å². The fourth-order valence-corrected chi connectivity index (χ4v) is 3.18. The van der Waals surface area contributed by atoms with Crippen LogP contribution in [0.5, 0.6) is 0 Å². The van der Waals surface area contributed by atoms with Gasteiger partial charge < -0.3 is 4.90 Å². The number of likely N-dealkylation sites (N-methyl/N-ethyl adjacent to an activating group) is 1. The summed E-state index contributed by atoms with van der Waals surface area (Å²) < 4.78 is 0. The van der Waals surface area contributed by atoms with Crippen LogP contribution in [-0.4, -0.2) is 53.2 Å². The standard InChI is InChI=1S/C17H19N3O4/c1-18(12-7-3-2-4-8-12)14(21)11-19-15(22)16(23)20(17(19)24)13-9-5-6-10-13/h2-4,7-8,13H,5-6,9-11H2,1H3. The van der Waals surface area contributed by atoms with Crippen molar-refractivity contribution < 1.29 is 19.2 Å². The van der Waals surface area contributed by atoms with Gasteiger partial charge in [0.1, 0.15) is 6.54 Å². The number of hydrogen-bond donors (Lipinski definition) is 0. The van der Waals surface area contributed by atoms with E-state index in [1.165, 1.54) is 4.90 Å². The van der Waals surface area contributed by atoms with Gasteiger partial charge in [-0.05, 0) is 25.0 Å². The predicted molar refractivity (Wildman–Crippen MR) is 86.1 cm³/mol. The summed E-state index contributed by atoms with van der Waals surface area (Å²) >= 11 is 0. The molecule has 1 aromatic rings. The maximum atomic E-state index is 12.4. The molecule has 0 spiro atoms. The van der Waals surface area contributed by atoms with Crippen molar-refractivity contribution in [2.24, 2.45) is 0 Å². The van der Waals surface area contributed by atoms with Crippen molar-refractivity contribution in [3.05, 3.63) is 30.3 Å². The van der Waals surface area contributed by atoms with Crippen LogP contribution in [-0.2, 0) is 14.4 Å². The molecule has 7 heteroatoms. The Kier molecular flexibility index (Phi) is 4.33. The molecule has 1 aliphatic carbocycles. The molecule has 0 radical (unpaired) electrons. The van der Waals surface area contributed by atoms with E-state index in [4.69, 9.17) is 0 Å². The first kappa shape index (κ1) is 16.2. The van der Waals surface area contributed by atoms with Gasteiger partial charge in [0.25, 0.3) is 0 Å². The second-order valence-corrected chi connectivity index (χ2v) is 6.08. The van der Waals surface area contributed by atoms with E-state index in [1.54, 1.807) is 31.3 Å². The summed E-state index contributed by atoms with van der Waals surface area (Å²) in [6, 6.07) is 8.01. The van der Waals surface area contributed by atoms with Gasteiger partial charge in [-0.1, -0.05) is 31.0 Å². The first-order valence-electron chi connectivity index (χ1n) is 8.01. The first-order valence-corrected chi connectivity index (χ1v) is 8.01. The minimum Gasteiger partial charge on any atom is -0.314 e. The highest BCUT2D eigenvalue weighted by atomic mass is 16.2. The van der Waals surface area contributed by atoms with Crippen molar-refractivity contribution in [2.45, 2.75) is 31.7 Å². The normalized spacial score (nSPS) is 18.6. The quantitative estimate of drug-likeness (QED) is 0.618. The van der Waals surface area contributed by atoms with Gasteiger partial charge in [-0.25, -0.2) is 9.69 Å². The Balaban J connectivity index is 1.72. The Hall–Kier alpha value is -2.70. The summed E-state index contributed by atoms with van der Waals surface area (Å²) in [4.78, 5) is 52.2. The topological polar surface area (TPSA) is 78.0 Å². The van der Waals surface area contributed by atoms with Gasteiger partial charge >= 0.3 is 17.8 Å². The van der Waals surface area contributed by atoms with Crippen LogP contribution in [0.15, 0.2) is 30.3 Å². The molecule has 1 aromatic carbocycles. The zero-order chi connectivity index (χ0) is 17.3. The Morgan fingerprint density at radius 3 is 2.33 bits per heavy atom. The van der Waals surface area contributed by atoms with Gasteiger partial charge in [-0.2, -0.15) is 0 Å². The fourth-order valence-electron chi connectivity index (χ4n) is 3.18. The summed E-state index contributed by atoms with van der Waals surface area (Å²) in [7, 11) is 1.57. The SMILES string of the molecule is CN(C(=O)CN1C(=O)C(=O)N(C2CCCC2)C1=O)c1ccccc1. The zero-order valence-electron chi connectivity index (χ0n) is 13.5. The number of anilines is 1. The average Bonchev–Trinajstić information content (AvgIpc) is 3.18. The Bertz CT molecular complexity index is 682. The van der Waals surface area contributed by atoms with E-state index in [0.29, 0.717) is 5.69 Å². The van der Waals surface area contributed by atoms with Gasteiger partial charge in [0, 0.05) is 18.8 Å². The average molecular weight is 329 g/mol. The lowest BCUT2D eigenvalue weighted by Gasteiger charge is -2.22. The second kappa shape index (κ2) is 6.43. The molecule has 24 heavy (non-hydrogen) atoms. The summed E-state index contributed by atoms with van der Waals surface area (Å²) in [6.45, 7) is -0.433. The van der Waals surface area contributed by atoms with E-state index in [0.717, 1.165) is 35.5 Å². The maximum Gasteiger partial charge on any atom is 0.334 e. The third kappa shape index (κ3) is 2.77. The lowest BCUT2D eigenvalue weighted by Crippen LogP contribution is -2.43. The summed E-state index contributed by atoms with van der Waals surface area (Å²) in [5.74, 6) is -2.16. The van der Waals surface area contributed by atoms with Crippen LogP contribution in [0.1, 0.15) is 25.7 Å². The Labute approximate surface area is 139 Å². The van der Waals surface area contributed by atoms with Crippen molar-refractivity contribution in [3.8, 4) is 0 Å². The van der Waals surface area contributed by atoms with Crippen LogP contribution < -0.4 is 4.90 Å². The van der Waals surface area contributed by atoms with Crippen molar-refractivity contribution in [1.29, 1.82) is 0 Å². The van der Waals surface area contributed by atoms with Crippen LogP contribution in [0, 0.1) is 0 Å². The van der Waals surface area contributed by atoms with E-state index < -0.39 is 30.3 Å². The molecule has 1 aliphatic heterocycles. The van der Waals surface area contributed by atoms with Crippen LogP contribution in [0.2, 0.25) is 0 Å². The van der Waals surface area contributed by atoms with E-state index in [1.807, 2.05) is 6.07 Å². The Morgan fingerprint density at radius 2 is 1.71 bits per heavy atom. The first-order chi connectivity index (χ1) is 11.5. The minimum atomic E-state index is -0.915. The van der Waals surface area contributed by atoms with Crippen LogP contribution in [0.25, 0.3) is 0 Å². The molecule has 0 atom stereocenters. The molecule has 5 amide bonds. The smallest absolute Gasteiger partial charge is 0.314 e. The van der Waals surface area contributed by atoms with Gasteiger partial charge in [-0.15, -0.1) is 0 Å². The minimum absolute atomic E-state index is 0.221. The number of carbonyl (C=O) groups is 4. The fraction of sp³-hybridized carbons (Fsp3) is 0.412. The second-order valence-electron chi connectivity index (χ2n) is 6.08. The van der Waals surface area contributed by atoms with Crippen molar-refractivity contribution in [2.75, 3.05) is 18.5 Å². The summed E-state index contributed by atoms with van der Waals surface area (Å²) in [6.07, 6.45) is 3.31. The van der Waals surface area contributed by atoms with Gasteiger partial charge in [0.05, 0.1) is 0 Å². The molecule has 0 bridgehead atoms. The largest absolute Gasteiger partial charge is 0.334 e. The number of para-hydroxylation sites is 1. The molecule has 0 unspecified atom stereocenters. The number of amides is 5. The molecule has 1 saturated carbocycles. The highest BCUT2D eigenvalue weighted by molar-refractivity contribution is 6.45. The number of nitrogens with zero attached hydrogens (tertiary/aromatic N) is 3. The lowest BCUT2D eigenvalue weighted by atomic mass is 10.2. The molecule has 1 saturated heterocycles. The molecule has 0 aromatic heterocycles. The summed E-state index contributed by atoms with van der Waals surface area (Å²) in [5.41, 5.74) is 0.653. The third-order valence-corrected chi connectivity index (χ3v) is 4.58. The molecular weight excluding hydrogens is 310 g/mol. The molecule has 126 valence electrons. The number of benzene rings is 1. The molecule has 1 heterocycles. The third-order valence-electron chi connectivity index (χ3n) is 4.58. The van der Waals surface area contributed by atoms with E-state index in [-0.39, 0.29) is 6.04 Å². The van der Waals surface area contributed by atoms with E-state index >= 15 is 0 Å². The lowest BCUT2D eigenvalue weighted by molar-refractivity contribution is -0.144. The van der Waals surface area contributed by atoms with Gasteiger partial charge in [0.15, 0.2) is 0 Å². The van der Waals surface area contributed by atoms with Gasteiger partial charge in [0.2, 0.25) is 5.91 Å². The molecule has 2 fully saturated rings. The molecular formula is C17H19N3O4. The molecule has 0 N–H and O–H groups in total. The van der Waals surface area contributed by atoms with Crippen molar-refractivity contribution in [1.82, 2.24) is 9.80 Å². The van der Waals surface area contributed by atoms with E-state index in [2.05, 4.69) is 0 Å². The Morgan fingerprint density at radius 1 is 1.08 bits per heavy atom.